The minimum absolute atomic E-state index is 0.0135. The second-order valence-corrected chi connectivity index (χ2v) is 4.49. The third-order valence-corrected chi connectivity index (χ3v) is 2.69. The molecule has 1 aliphatic carbocycles. The highest BCUT2D eigenvalue weighted by atomic mass is 16.4. The number of carboxylic acid groups (broad SMARTS) is 1. The second-order valence-electron chi connectivity index (χ2n) is 4.49. The molecular weight excluding hydrogens is 222 g/mol. The van der Waals surface area contributed by atoms with E-state index >= 15 is 0 Å². The van der Waals surface area contributed by atoms with E-state index in [-0.39, 0.29) is 12.8 Å². The summed E-state index contributed by atoms with van der Waals surface area (Å²) in [4.78, 5) is 10.3. The average molecular weight is 241 g/mol. The molecule has 0 heterocycles. The fourth-order valence-electron chi connectivity index (χ4n) is 1.59. The van der Waals surface area contributed by atoms with E-state index < -0.39 is 18.2 Å². The van der Waals surface area contributed by atoms with Crippen LogP contribution < -0.4 is 0 Å². The fraction of sp³-hybridized carbons (Fsp3) is 0.667. The molecule has 0 radical (unpaired) electrons. The predicted octanol–water partition coefficient (Wildman–Crippen LogP) is 0.949. The Hall–Kier alpha value is -1.20. The van der Waals surface area contributed by atoms with Crippen LogP contribution in [0.3, 0.4) is 0 Å². The fourth-order valence-corrected chi connectivity index (χ4v) is 1.59. The molecule has 1 saturated carbocycles. The highest BCUT2D eigenvalue weighted by molar-refractivity contribution is 5.86. The van der Waals surface area contributed by atoms with E-state index in [1.807, 2.05) is 0 Å². The van der Waals surface area contributed by atoms with Crippen molar-refractivity contribution in [2.24, 2.45) is 5.92 Å². The zero-order valence-electron chi connectivity index (χ0n) is 9.67. The van der Waals surface area contributed by atoms with E-state index in [0.717, 1.165) is 12.8 Å². The third kappa shape index (κ3) is 6.19. The quantitative estimate of drug-likeness (QED) is 0.375. The van der Waals surface area contributed by atoms with E-state index in [4.69, 9.17) is 10.5 Å². The van der Waals surface area contributed by atoms with Crippen molar-refractivity contribution in [3.8, 4) is 0 Å². The molecule has 0 aromatic carbocycles. The monoisotopic (exact) mass is 241 g/mol. The number of hydrogen-bond donors (Lipinski definition) is 4. The van der Waals surface area contributed by atoms with Crippen molar-refractivity contribution in [2.75, 3.05) is 0 Å². The van der Waals surface area contributed by atoms with Crippen LogP contribution in [-0.2, 0) is 4.79 Å². The number of carboxylic acids is 1. The number of aliphatic hydroxyl groups excluding tert-OH is 2. The molecule has 5 nitrogen and oxygen atoms in total. The number of hydrogen-bond acceptors (Lipinski definition) is 4. The maximum absolute atomic E-state index is 10.3. The molecule has 2 atom stereocenters. The molecule has 0 spiro atoms. The van der Waals surface area contributed by atoms with Gasteiger partial charge in [0.15, 0.2) is 0 Å². The molecule has 0 aliphatic heterocycles. The summed E-state index contributed by atoms with van der Waals surface area (Å²) in [5, 5.41) is 34.8. The number of carbonyl (C=O) groups is 1. The molecule has 0 aromatic heterocycles. The first-order valence-corrected chi connectivity index (χ1v) is 5.81. The highest BCUT2D eigenvalue weighted by Crippen LogP contribution is 2.31. The Balaban J connectivity index is 2.18. The first-order chi connectivity index (χ1) is 7.99. The van der Waals surface area contributed by atoms with Crippen LogP contribution in [0.4, 0.5) is 0 Å². The van der Waals surface area contributed by atoms with E-state index in [2.05, 4.69) is 0 Å². The lowest BCUT2D eigenvalue weighted by Gasteiger charge is -2.10. The smallest absolute Gasteiger partial charge is 0.305 e. The number of aliphatic hydroxyl groups is 2. The van der Waals surface area contributed by atoms with E-state index in [1.165, 1.54) is 6.08 Å². The molecule has 0 unspecified atom stereocenters. The van der Waals surface area contributed by atoms with Gasteiger partial charge in [-0.2, -0.15) is 0 Å². The van der Waals surface area contributed by atoms with Gasteiger partial charge in [-0.3, -0.25) is 4.79 Å². The van der Waals surface area contributed by atoms with Gasteiger partial charge in [-0.25, -0.2) is 0 Å². The van der Waals surface area contributed by atoms with Crippen molar-refractivity contribution < 1.29 is 20.1 Å². The third-order valence-electron chi connectivity index (χ3n) is 2.69. The SMILES string of the molecule is N=C(C/C=C/[C@@H](O)C[C@@H](O)CC(=O)O)C1CC1. The van der Waals surface area contributed by atoms with Crippen molar-refractivity contribution in [1.29, 1.82) is 5.41 Å². The van der Waals surface area contributed by atoms with Gasteiger partial charge in [0.2, 0.25) is 0 Å². The normalized spacial score (nSPS) is 19.2. The van der Waals surface area contributed by atoms with Gasteiger partial charge in [-0.1, -0.05) is 12.2 Å². The number of nitrogens with one attached hydrogen (secondary N) is 1. The lowest BCUT2D eigenvalue weighted by atomic mass is 10.1. The van der Waals surface area contributed by atoms with E-state index in [1.54, 1.807) is 6.08 Å². The van der Waals surface area contributed by atoms with Crippen LogP contribution in [0.2, 0.25) is 0 Å². The topological polar surface area (TPSA) is 102 Å². The van der Waals surface area contributed by atoms with Gasteiger partial charge in [0.1, 0.15) is 0 Å². The number of aliphatic carboxylic acids is 1. The van der Waals surface area contributed by atoms with Crippen LogP contribution in [0.15, 0.2) is 12.2 Å². The Morgan fingerprint density at radius 2 is 2.06 bits per heavy atom. The standard InChI is InChI=1S/C12H19NO4/c13-11(8-4-5-8)3-1-2-9(14)6-10(15)7-12(16)17/h1-2,8-10,13-15H,3-7H2,(H,16,17)/b2-1+,13-11?/t9-,10-/m1/s1. The van der Waals surface area contributed by atoms with Gasteiger partial charge in [0.25, 0.3) is 0 Å². The molecule has 0 aromatic rings. The van der Waals surface area contributed by atoms with E-state index in [9.17, 15) is 15.0 Å². The Morgan fingerprint density at radius 3 is 2.59 bits per heavy atom. The molecule has 0 saturated heterocycles. The summed E-state index contributed by atoms with van der Waals surface area (Å²) >= 11 is 0. The molecule has 17 heavy (non-hydrogen) atoms. The summed E-state index contributed by atoms with van der Waals surface area (Å²) in [6, 6.07) is 0. The Bertz CT molecular complexity index is 310. The maximum atomic E-state index is 10.3. The highest BCUT2D eigenvalue weighted by Gasteiger charge is 2.25. The van der Waals surface area contributed by atoms with Crippen LogP contribution in [0.5, 0.6) is 0 Å². The second kappa shape index (κ2) is 6.51. The largest absolute Gasteiger partial charge is 0.481 e. The molecule has 1 aliphatic rings. The first kappa shape index (κ1) is 13.9. The first-order valence-electron chi connectivity index (χ1n) is 5.81. The minimum atomic E-state index is -1.08. The summed E-state index contributed by atoms with van der Waals surface area (Å²) in [5.41, 5.74) is 0.680. The van der Waals surface area contributed by atoms with Crippen molar-refractivity contribution in [1.82, 2.24) is 0 Å². The zero-order chi connectivity index (χ0) is 12.8. The lowest BCUT2D eigenvalue weighted by molar-refractivity contribution is -0.139. The van der Waals surface area contributed by atoms with E-state index in [0.29, 0.717) is 18.1 Å². The van der Waals surface area contributed by atoms with Gasteiger partial charge < -0.3 is 20.7 Å². The Labute approximate surface area is 100 Å². The summed E-state index contributed by atoms with van der Waals surface area (Å²) < 4.78 is 0. The molecule has 5 heteroatoms. The molecule has 1 fully saturated rings. The molecule has 4 N–H and O–H groups in total. The molecule has 0 amide bonds. The summed E-state index contributed by atoms with van der Waals surface area (Å²) in [6.07, 6.45) is 3.70. The average Bonchev–Trinajstić information content (AvgIpc) is 2.98. The predicted molar refractivity (Wildman–Crippen MR) is 63.1 cm³/mol. The van der Waals surface area contributed by atoms with Crippen LogP contribution in [-0.4, -0.2) is 39.2 Å². The van der Waals surface area contributed by atoms with Crippen LogP contribution >= 0.6 is 0 Å². The van der Waals surface area contributed by atoms with Crippen molar-refractivity contribution in [2.45, 2.75) is 44.3 Å². The van der Waals surface area contributed by atoms with Gasteiger partial charge in [-0.05, 0) is 18.8 Å². The van der Waals surface area contributed by atoms with Crippen LogP contribution in [0, 0.1) is 11.3 Å². The molecular formula is C12H19NO4. The Kier molecular flexibility index (Phi) is 5.31. The molecule has 96 valence electrons. The summed E-state index contributed by atoms with van der Waals surface area (Å²) in [5.74, 6) is -0.654. The summed E-state index contributed by atoms with van der Waals surface area (Å²) in [7, 11) is 0. The molecule has 1 rings (SSSR count). The van der Waals surface area contributed by atoms with Gasteiger partial charge in [-0.15, -0.1) is 0 Å². The zero-order valence-corrected chi connectivity index (χ0v) is 9.67. The van der Waals surface area contributed by atoms with Gasteiger partial charge in [0.05, 0.1) is 18.6 Å². The number of rotatable bonds is 8. The van der Waals surface area contributed by atoms with Crippen LogP contribution in [0.1, 0.15) is 32.1 Å². The molecule has 0 bridgehead atoms. The van der Waals surface area contributed by atoms with Crippen LogP contribution in [0.25, 0.3) is 0 Å². The van der Waals surface area contributed by atoms with Crippen molar-refractivity contribution >= 4 is 11.7 Å². The van der Waals surface area contributed by atoms with Crippen molar-refractivity contribution in [3.05, 3.63) is 12.2 Å². The number of allylic oxidation sites excluding steroid dienone is 1. The Morgan fingerprint density at radius 1 is 1.41 bits per heavy atom. The maximum Gasteiger partial charge on any atom is 0.305 e. The van der Waals surface area contributed by atoms with Gasteiger partial charge in [0, 0.05) is 18.6 Å². The minimum Gasteiger partial charge on any atom is -0.481 e. The summed E-state index contributed by atoms with van der Waals surface area (Å²) in [6.45, 7) is 0. The lowest BCUT2D eigenvalue weighted by Crippen LogP contribution is -2.19. The van der Waals surface area contributed by atoms with Crippen molar-refractivity contribution in [3.63, 3.8) is 0 Å². The van der Waals surface area contributed by atoms with Gasteiger partial charge >= 0.3 is 5.97 Å².